The normalized spacial score (nSPS) is 17.5. The van der Waals surface area contributed by atoms with Gasteiger partial charge in [-0.3, -0.25) is 0 Å². The average Bonchev–Trinajstić information content (AvgIpc) is 2.94. The molecule has 0 unspecified atom stereocenters. The predicted molar refractivity (Wildman–Crippen MR) is 68.9 cm³/mol. The first-order valence-electron chi connectivity index (χ1n) is 6.22. The standard InChI is InChI=1S/C14H18N2O/c15-14(6-7-14)10-16-8-5-11-9-17-13-4-2-1-3-12(11)13/h1-4,9,16H,5-8,10,15H2. The van der Waals surface area contributed by atoms with Crippen molar-refractivity contribution in [2.75, 3.05) is 13.1 Å². The fraction of sp³-hybridized carbons (Fsp3) is 0.429. The molecule has 1 fully saturated rings. The third-order valence-electron chi connectivity index (χ3n) is 3.50. The minimum absolute atomic E-state index is 0.0957. The zero-order valence-corrected chi connectivity index (χ0v) is 9.91. The highest BCUT2D eigenvalue weighted by Crippen LogP contribution is 2.30. The van der Waals surface area contributed by atoms with Crippen LogP contribution in [-0.4, -0.2) is 18.6 Å². The van der Waals surface area contributed by atoms with Gasteiger partial charge in [-0.15, -0.1) is 0 Å². The summed E-state index contributed by atoms with van der Waals surface area (Å²) < 4.78 is 5.51. The van der Waals surface area contributed by atoms with E-state index in [2.05, 4.69) is 11.4 Å². The Morgan fingerprint density at radius 3 is 2.94 bits per heavy atom. The molecule has 1 aliphatic rings. The zero-order chi connectivity index (χ0) is 11.7. The van der Waals surface area contributed by atoms with Crippen molar-refractivity contribution < 1.29 is 4.42 Å². The molecule has 17 heavy (non-hydrogen) atoms. The molecule has 3 nitrogen and oxygen atoms in total. The van der Waals surface area contributed by atoms with E-state index in [0.29, 0.717) is 0 Å². The molecule has 0 aliphatic heterocycles. The smallest absolute Gasteiger partial charge is 0.134 e. The van der Waals surface area contributed by atoms with Crippen molar-refractivity contribution in [2.45, 2.75) is 24.8 Å². The SMILES string of the molecule is NC1(CNCCc2coc3ccccc23)CC1. The molecular weight excluding hydrogens is 212 g/mol. The number of rotatable bonds is 5. The second-order valence-electron chi connectivity index (χ2n) is 5.05. The molecule has 0 amide bonds. The van der Waals surface area contributed by atoms with E-state index in [1.54, 1.807) is 0 Å². The first kappa shape index (κ1) is 10.8. The largest absolute Gasteiger partial charge is 0.464 e. The van der Waals surface area contributed by atoms with E-state index in [1.165, 1.54) is 10.9 Å². The quantitative estimate of drug-likeness (QED) is 0.773. The lowest BCUT2D eigenvalue weighted by atomic mass is 10.1. The molecule has 3 heteroatoms. The van der Waals surface area contributed by atoms with Crippen LogP contribution in [0.5, 0.6) is 0 Å². The van der Waals surface area contributed by atoms with E-state index in [9.17, 15) is 0 Å². The van der Waals surface area contributed by atoms with Gasteiger partial charge in [0.25, 0.3) is 0 Å². The minimum Gasteiger partial charge on any atom is -0.464 e. The summed E-state index contributed by atoms with van der Waals surface area (Å²) >= 11 is 0. The van der Waals surface area contributed by atoms with Crippen LogP contribution in [0.3, 0.4) is 0 Å². The number of nitrogens with two attached hydrogens (primary N) is 1. The first-order chi connectivity index (χ1) is 8.27. The van der Waals surface area contributed by atoms with E-state index in [0.717, 1.165) is 37.9 Å². The van der Waals surface area contributed by atoms with Gasteiger partial charge in [0.05, 0.1) is 6.26 Å². The number of benzene rings is 1. The van der Waals surface area contributed by atoms with E-state index >= 15 is 0 Å². The fourth-order valence-corrected chi connectivity index (χ4v) is 2.12. The summed E-state index contributed by atoms with van der Waals surface area (Å²) in [5.74, 6) is 0. The summed E-state index contributed by atoms with van der Waals surface area (Å²) in [6.45, 7) is 1.89. The summed E-state index contributed by atoms with van der Waals surface area (Å²) in [6.07, 6.45) is 5.18. The highest BCUT2D eigenvalue weighted by molar-refractivity contribution is 5.80. The lowest BCUT2D eigenvalue weighted by Crippen LogP contribution is -2.36. The number of hydrogen-bond donors (Lipinski definition) is 2. The zero-order valence-electron chi connectivity index (χ0n) is 9.91. The van der Waals surface area contributed by atoms with Crippen molar-refractivity contribution in [1.29, 1.82) is 0 Å². The highest BCUT2D eigenvalue weighted by atomic mass is 16.3. The molecule has 1 saturated carbocycles. The van der Waals surface area contributed by atoms with Crippen LogP contribution >= 0.6 is 0 Å². The van der Waals surface area contributed by atoms with Crippen molar-refractivity contribution in [3.8, 4) is 0 Å². The van der Waals surface area contributed by atoms with Gasteiger partial charge in [-0.25, -0.2) is 0 Å². The Morgan fingerprint density at radius 2 is 2.12 bits per heavy atom. The molecule has 0 bridgehead atoms. The van der Waals surface area contributed by atoms with Gasteiger partial charge in [-0.2, -0.15) is 0 Å². The van der Waals surface area contributed by atoms with Gasteiger partial charge in [0, 0.05) is 17.5 Å². The topological polar surface area (TPSA) is 51.2 Å². The molecule has 3 rings (SSSR count). The molecule has 0 atom stereocenters. The maximum absolute atomic E-state index is 6.02. The van der Waals surface area contributed by atoms with Gasteiger partial charge in [-0.05, 0) is 37.4 Å². The lowest BCUT2D eigenvalue weighted by Gasteiger charge is -2.09. The van der Waals surface area contributed by atoms with Gasteiger partial charge in [0.15, 0.2) is 0 Å². The van der Waals surface area contributed by atoms with Crippen molar-refractivity contribution in [3.05, 3.63) is 36.1 Å². The Hall–Kier alpha value is -1.32. The fourth-order valence-electron chi connectivity index (χ4n) is 2.12. The van der Waals surface area contributed by atoms with Crippen LogP contribution in [0.1, 0.15) is 18.4 Å². The van der Waals surface area contributed by atoms with Crippen molar-refractivity contribution >= 4 is 11.0 Å². The Morgan fingerprint density at radius 1 is 1.29 bits per heavy atom. The van der Waals surface area contributed by atoms with Gasteiger partial charge < -0.3 is 15.5 Å². The molecule has 90 valence electrons. The Labute approximate surface area is 101 Å². The second-order valence-corrected chi connectivity index (χ2v) is 5.05. The van der Waals surface area contributed by atoms with Gasteiger partial charge in [0.1, 0.15) is 5.58 Å². The number of nitrogens with one attached hydrogen (secondary N) is 1. The molecule has 1 aromatic carbocycles. The van der Waals surface area contributed by atoms with E-state index in [-0.39, 0.29) is 5.54 Å². The van der Waals surface area contributed by atoms with Gasteiger partial charge in [0.2, 0.25) is 0 Å². The first-order valence-corrected chi connectivity index (χ1v) is 6.22. The summed E-state index contributed by atoms with van der Waals surface area (Å²) in [4.78, 5) is 0. The molecule has 0 radical (unpaired) electrons. The summed E-state index contributed by atoms with van der Waals surface area (Å²) in [6, 6.07) is 8.16. The predicted octanol–water partition coefficient (Wildman–Crippen LogP) is 2.06. The Kier molecular flexibility index (Phi) is 2.65. The molecular formula is C14H18N2O. The number of hydrogen-bond acceptors (Lipinski definition) is 3. The van der Waals surface area contributed by atoms with Crippen LogP contribution in [0.25, 0.3) is 11.0 Å². The molecule has 1 heterocycles. The van der Waals surface area contributed by atoms with Crippen LogP contribution in [-0.2, 0) is 6.42 Å². The maximum Gasteiger partial charge on any atom is 0.134 e. The summed E-state index contributed by atoms with van der Waals surface area (Å²) in [5, 5.41) is 4.65. The van der Waals surface area contributed by atoms with Crippen LogP contribution in [0, 0.1) is 0 Å². The molecule has 1 aliphatic carbocycles. The molecule has 2 aromatic rings. The van der Waals surface area contributed by atoms with Gasteiger partial charge in [-0.1, -0.05) is 18.2 Å². The molecule has 0 saturated heterocycles. The third-order valence-corrected chi connectivity index (χ3v) is 3.50. The maximum atomic E-state index is 6.02. The number of furan rings is 1. The van der Waals surface area contributed by atoms with Crippen LogP contribution in [0.4, 0.5) is 0 Å². The number of fused-ring (bicyclic) bond motifs is 1. The van der Waals surface area contributed by atoms with Crippen molar-refractivity contribution in [1.82, 2.24) is 5.32 Å². The Balaban J connectivity index is 1.57. The highest BCUT2D eigenvalue weighted by Gasteiger charge is 2.37. The molecule has 1 aromatic heterocycles. The van der Waals surface area contributed by atoms with Crippen LogP contribution in [0.15, 0.2) is 34.9 Å². The number of para-hydroxylation sites is 1. The second kappa shape index (κ2) is 4.17. The van der Waals surface area contributed by atoms with Crippen molar-refractivity contribution in [2.24, 2.45) is 5.73 Å². The van der Waals surface area contributed by atoms with Crippen LogP contribution in [0.2, 0.25) is 0 Å². The van der Waals surface area contributed by atoms with E-state index < -0.39 is 0 Å². The summed E-state index contributed by atoms with van der Waals surface area (Å²) in [5.41, 5.74) is 8.36. The average molecular weight is 230 g/mol. The van der Waals surface area contributed by atoms with Crippen LogP contribution < -0.4 is 11.1 Å². The van der Waals surface area contributed by atoms with Gasteiger partial charge >= 0.3 is 0 Å². The summed E-state index contributed by atoms with van der Waals surface area (Å²) in [7, 11) is 0. The molecule has 0 spiro atoms. The van der Waals surface area contributed by atoms with Crippen molar-refractivity contribution in [3.63, 3.8) is 0 Å². The lowest BCUT2D eigenvalue weighted by molar-refractivity contribution is 0.567. The van der Waals surface area contributed by atoms with E-state index in [4.69, 9.17) is 10.2 Å². The Bertz CT molecular complexity index is 514. The van der Waals surface area contributed by atoms with E-state index in [1.807, 2.05) is 24.5 Å². The third kappa shape index (κ3) is 2.35. The molecule has 3 N–H and O–H groups in total. The minimum atomic E-state index is 0.0957. The monoisotopic (exact) mass is 230 g/mol.